The van der Waals surface area contributed by atoms with Gasteiger partial charge in [0.25, 0.3) is 0 Å². The van der Waals surface area contributed by atoms with Gasteiger partial charge in [-0.3, -0.25) is 0 Å². The fraction of sp³-hybridized carbons (Fsp3) is 0.600. The third kappa shape index (κ3) is 3.83. The first-order valence-corrected chi connectivity index (χ1v) is 8.73. The van der Waals surface area contributed by atoms with Crippen LogP contribution in [-0.4, -0.2) is 44.6 Å². The van der Waals surface area contributed by atoms with Crippen molar-refractivity contribution in [3.05, 3.63) is 29.3 Å². The second-order valence-electron chi connectivity index (χ2n) is 6.00. The number of aliphatic hydroxyl groups is 1. The molecule has 0 saturated carbocycles. The number of benzene rings is 1. The first kappa shape index (κ1) is 16.4. The number of piperidine rings is 1. The number of sulfonamides is 1. The molecule has 1 saturated heterocycles. The van der Waals surface area contributed by atoms with Crippen LogP contribution in [0.3, 0.4) is 0 Å². The van der Waals surface area contributed by atoms with Crippen LogP contribution in [0.2, 0.25) is 0 Å². The monoisotopic (exact) mass is 312 g/mol. The molecule has 1 aliphatic rings. The molecule has 5 nitrogen and oxygen atoms in total. The summed E-state index contributed by atoms with van der Waals surface area (Å²) in [5, 5.41) is 9.28. The van der Waals surface area contributed by atoms with Gasteiger partial charge in [0.2, 0.25) is 10.0 Å². The first-order valence-electron chi connectivity index (χ1n) is 7.24. The van der Waals surface area contributed by atoms with E-state index in [4.69, 9.17) is 0 Å². The number of hydrogen-bond acceptors (Lipinski definition) is 4. The molecule has 0 spiro atoms. The van der Waals surface area contributed by atoms with Gasteiger partial charge in [-0.15, -0.1) is 0 Å². The van der Waals surface area contributed by atoms with Crippen molar-refractivity contribution in [1.29, 1.82) is 0 Å². The maximum atomic E-state index is 12.5. The maximum absolute atomic E-state index is 12.5. The predicted molar refractivity (Wildman–Crippen MR) is 82.5 cm³/mol. The molecule has 0 radical (unpaired) electrons. The number of nitrogens with zero attached hydrogens (tertiary/aromatic N) is 1. The summed E-state index contributed by atoms with van der Waals surface area (Å²) in [7, 11) is -1.49. The van der Waals surface area contributed by atoms with E-state index in [9.17, 15) is 13.5 Å². The highest BCUT2D eigenvalue weighted by Crippen LogP contribution is 2.20. The van der Waals surface area contributed by atoms with Crippen LogP contribution in [0.25, 0.3) is 0 Å². The summed E-state index contributed by atoms with van der Waals surface area (Å²) in [4.78, 5) is 2.44. The molecule has 0 aliphatic carbocycles. The molecule has 1 aliphatic heterocycles. The molecular formula is C15H24N2O3S. The highest BCUT2D eigenvalue weighted by Gasteiger charge is 2.28. The van der Waals surface area contributed by atoms with Gasteiger partial charge in [0.15, 0.2) is 0 Å². The Morgan fingerprint density at radius 3 is 2.76 bits per heavy atom. The van der Waals surface area contributed by atoms with Crippen LogP contribution in [0.5, 0.6) is 0 Å². The molecule has 6 heteroatoms. The van der Waals surface area contributed by atoms with E-state index in [0.29, 0.717) is 5.56 Å². The lowest BCUT2D eigenvalue weighted by molar-refractivity contribution is 0.188. The molecule has 2 N–H and O–H groups in total. The minimum absolute atomic E-state index is 0.0370. The summed E-state index contributed by atoms with van der Waals surface area (Å²) in [6, 6.07) is 4.84. The van der Waals surface area contributed by atoms with Crippen LogP contribution in [-0.2, 0) is 16.6 Å². The van der Waals surface area contributed by atoms with Crippen molar-refractivity contribution in [2.45, 2.75) is 37.8 Å². The maximum Gasteiger partial charge on any atom is 0.240 e. The average molecular weight is 312 g/mol. The van der Waals surface area contributed by atoms with Crippen molar-refractivity contribution in [1.82, 2.24) is 9.62 Å². The molecule has 21 heavy (non-hydrogen) atoms. The Bertz CT molecular complexity index is 601. The van der Waals surface area contributed by atoms with Crippen molar-refractivity contribution in [2.24, 2.45) is 5.92 Å². The SMILES string of the molecule is Cc1ccc(S(=O)(=O)NC2CCN(C)CC2C)cc1CO. The first-order chi connectivity index (χ1) is 9.83. The second kappa shape index (κ2) is 6.44. The number of rotatable bonds is 4. The molecule has 1 aromatic carbocycles. The van der Waals surface area contributed by atoms with Crippen LogP contribution in [0.4, 0.5) is 0 Å². The Labute approximate surface area is 127 Å². The standard InChI is InChI=1S/C15H24N2O3S/c1-11-4-5-14(8-13(11)10-18)21(19,20)16-15-6-7-17(3)9-12(15)2/h4-5,8,12,15-16,18H,6-7,9-10H2,1-3H3. The zero-order valence-electron chi connectivity index (χ0n) is 12.8. The highest BCUT2D eigenvalue weighted by molar-refractivity contribution is 7.89. The third-order valence-electron chi connectivity index (χ3n) is 4.22. The predicted octanol–water partition coefficient (Wildman–Crippen LogP) is 1.11. The minimum Gasteiger partial charge on any atom is -0.392 e. The molecule has 2 unspecified atom stereocenters. The summed E-state index contributed by atoms with van der Waals surface area (Å²) in [5.41, 5.74) is 1.54. The lowest BCUT2D eigenvalue weighted by atomic mass is 9.95. The Morgan fingerprint density at radius 1 is 1.43 bits per heavy atom. The lowest BCUT2D eigenvalue weighted by Gasteiger charge is -2.35. The van der Waals surface area contributed by atoms with Crippen molar-refractivity contribution in [2.75, 3.05) is 20.1 Å². The van der Waals surface area contributed by atoms with Crippen LogP contribution in [0.15, 0.2) is 23.1 Å². The molecule has 1 aromatic rings. The van der Waals surface area contributed by atoms with E-state index in [1.165, 1.54) is 0 Å². The molecule has 1 heterocycles. The summed E-state index contributed by atoms with van der Waals surface area (Å²) < 4.78 is 27.8. The van der Waals surface area contributed by atoms with Gasteiger partial charge in [0.05, 0.1) is 11.5 Å². The number of aryl methyl sites for hydroxylation is 1. The molecule has 118 valence electrons. The van der Waals surface area contributed by atoms with Crippen LogP contribution >= 0.6 is 0 Å². The van der Waals surface area contributed by atoms with Crippen LogP contribution < -0.4 is 4.72 Å². The summed E-state index contributed by atoms with van der Waals surface area (Å²) in [6.07, 6.45) is 0.815. The third-order valence-corrected chi connectivity index (χ3v) is 5.70. The molecule has 2 atom stereocenters. The Kier molecular flexibility index (Phi) is 5.03. The minimum atomic E-state index is -3.54. The molecule has 0 amide bonds. The smallest absolute Gasteiger partial charge is 0.240 e. The highest BCUT2D eigenvalue weighted by atomic mass is 32.2. The van der Waals surface area contributed by atoms with Crippen molar-refractivity contribution in [3.8, 4) is 0 Å². The quantitative estimate of drug-likeness (QED) is 0.874. The average Bonchev–Trinajstić information content (AvgIpc) is 2.42. The largest absolute Gasteiger partial charge is 0.392 e. The van der Waals surface area contributed by atoms with E-state index in [-0.39, 0.29) is 23.5 Å². The number of aliphatic hydroxyl groups excluding tert-OH is 1. The van der Waals surface area contributed by atoms with Gasteiger partial charge in [-0.1, -0.05) is 13.0 Å². The second-order valence-corrected chi connectivity index (χ2v) is 7.72. The van der Waals surface area contributed by atoms with E-state index >= 15 is 0 Å². The fourth-order valence-electron chi connectivity index (χ4n) is 2.78. The normalized spacial score (nSPS) is 24.2. The summed E-state index contributed by atoms with van der Waals surface area (Å²) in [6.45, 7) is 5.56. The molecule has 2 rings (SSSR count). The van der Waals surface area contributed by atoms with Crippen molar-refractivity contribution in [3.63, 3.8) is 0 Å². The number of likely N-dealkylation sites (tertiary alicyclic amines) is 1. The van der Waals surface area contributed by atoms with Crippen molar-refractivity contribution >= 4 is 10.0 Å². The number of nitrogens with one attached hydrogen (secondary N) is 1. The summed E-state index contributed by atoms with van der Waals surface area (Å²) in [5.74, 6) is 0.279. The van der Waals surface area contributed by atoms with E-state index in [0.717, 1.165) is 25.1 Å². The summed E-state index contributed by atoms with van der Waals surface area (Å²) >= 11 is 0. The Morgan fingerprint density at radius 2 is 2.14 bits per heavy atom. The van der Waals surface area contributed by atoms with Gasteiger partial charge in [0, 0.05) is 12.6 Å². The fourth-order valence-corrected chi connectivity index (χ4v) is 4.21. The van der Waals surface area contributed by atoms with Gasteiger partial charge >= 0.3 is 0 Å². The molecule has 1 fully saturated rings. The van der Waals surface area contributed by atoms with E-state index < -0.39 is 10.0 Å². The van der Waals surface area contributed by atoms with E-state index in [2.05, 4.69) is 23.6 Å². The molecular weight excluding hydrogens is 288 g/mol. The van der Waals surface area contributed by atoms with E-state index in [1.54, 1.807) is 18.2 Å². The van der Waals surface area contributed by atoms with Crippen molar-refractivity contribution < 1.29 is 13.5 Å². The van der Waals surface area contributed by atoms with Crippen LogP contribution in [0, 0.1) is 12.8 Å². The molecule has 0 aromatic heterocycles. The zero-order valence-corrected chi connectivity index (χ0v) is 13.7. The van der Waals surface area contributed by atoms with Gasteiger partial charge < -0.3 is 10.0 Å². The Hall–Kier alpha value is -0.950. The lowest BCUT2D eigenvalue weighted by Crippen LogP contribution is -2.48. The zero-order chi connectivity index (χ0) is 15.6. The topological polar surface area (TPSA) is 69.6 Å². The number of hydrogen-bond donors (Lipinski definition) is 2. The van der Waals surface area contributed by atoms with Gasteiger partial charge in [-0.25, -0.2) is 13.1 Å². The van der Waals surface area contributed by atoms with Gasteiger partial charge in [-0.05, 0) is 56.1 Å². The Balaban J connectivity index is 2.18. The molecule has 0 bridgehead atoms. The van der Waals surface area contributed by atoms with Gasteiger partial charge in [-0.2, -0.15) is 0 Å². The van der Waals surface area contributed by atoms with Gasteiger partial charge in [0.1, 0.15) is 0 Å². The van der Waals surface area contributed by atoms with E-state index in [1.807, 2.05) is 6.92 Å². The van der Waals surface area contributed by atoms with Crippen LogP contribution in [0.1, 0.15) is 24.5 Å².